The first-order valence-electron chi connectivity index (χ1n) is 19.5. The van der Waals surface area contributed by atoms with Crippen molar-refractivity contribution in [2.75, 3.05) is 13.2 Å². The van der Waals surface area contributed by atoms with Crippen molar-refractivity contribution in [3.05, 3.63) is 35.4 Å². The van der Waals surface area contributed by atoms with Crippen molar-refractivity contribution in [3.8, 4) is 0 Å². The number of unbranched alkanes of at least 4 members (excludes halogenated alkanes) is 24. The molecule has 0 spiro atoms. The lowest BCUT2D eigenvalue weighted by atomic mass is 10.0. The van der Waals surface area contributed by atoms with Gasteiger partial charge in [0.25, 0.3) is 0 Å². The van der Waals surface area contributed by atoms with E-state index >= 15 is 0 Å². The minimum Gasteiger partial charge on any atom is -0.462 e. The summed E-state index contributed by atoms with van der Waals surface area (Å²) in [4.78, 5) is 24.7. The van der Waals surface area contributed by atoms with Crippen LogP contribution in [0.4, 0.5) is 0 Å². The van der Waals surface area contributed by atoms with E-state index in [1.807, 2.05) is 0 Å². The Bertz CT molecular complexity index is 712. The molecule has 262 valence electrons. The third kappa shape index (κ3) is 28.1. The maximum Gasteiger partial charge on any atom is 0.339 e. The predicted molar refractivity (Wildman–Crippen MR) is 194 cm³/mol. The summed E-state index contributed by atoms with van der Waals surface area (Å²) in [6.45, 7) is 9.76. The fourth-order valence-electron chi connectivity index (χ4n) is 5.53. The molecule has 0 radical (unpaired) electrons. The van der Waals surface area contributed by atoms with Gasteiger partial charge in [-0.2, -0.15) is 0 Å². The zero-order chi connectivity index (χ0) is 33.1. The number of rotatable bonds is 30. The second-order valence-electron chi connectivity index (χ2n) is 12.9. The number of carbonyl (C=O) groups is 2. The van der Waals surface area contributed by atoms with Crippen LogP contribution in [-0.4, -0.2) is 25.2 Å². The molecule has 0 aliphatic rings. The summed E-state index contributed by atoms with van der Waals surface area (Å²) in [5.74, 6) is -0.888. The summed E-state index contributed by atoms with van der Waals surface area (Å²) in [6.07, 6.45) is 35.5. The molecule has 0 unspecified atom stereocenters. The number of benzene rings is 1. The van der Waals surface area contributed by atoms with Crippen molar-refractivity contribution in [1.82, 2.24) is 0 Å². The van der Waals surface area contributed by atoms with Crippen LogP contribution in [-0.2, 0) is 9.47 Å². The fourth-order valence-corrected chi connectivity index (χ4v) is 5.53. The Balaban J connectivity index is 0.000000976. The van der Waals surface area contributed by atoms with Gasteiger partial charge in [0.1, 0.15) is 0 Å². The number of hydrogen-bond donors (Lipinski definition) is 0. The van der Waals surface area contributed by atoms with Gasteiger partial charge in [0, 0.05) is 0 Å². The van der Waals surface area contributed by atoms with Crippen LogP contribution in [0.5, 0.6) is 0 Å². The van der Waals surface area contributed by atoms with Crippen LogP contribution in [0.25, 0.3) is 0 Å². The zero-order valence-corrected chi connectivity index (χ0v) is 30.4. The Hall–Kier alpha value is -1.84. The van der Waals surface area contributed by atoms with E-state index in [0.717, 1.165) is 25.7 Å². The molecule has 45 heavy (non-hydrogen) atoms. The van der Waals surface area contributed by atoms with Gasteiger partial charge < -0.3 is 9.47 Å². The van der Waals surface area contributed by atoms with Crippen molar-refractivity contribution in [3.63, 3.8) is 0 Å². The van der Waals surface area contributed by atoms with E-state index in [2.05, 4.69) is 27.7 Å². The largest absolute Gasteiger partial charge is 0.462 e. The Morgan fingerprint density at radius 2 is 0.600 bits per heavy atom. The number of carbonyl (C=O) groups excluding carboxylic acids is 2. The van der Waals surface area contributed by atoms with Crippen LogP contribution in [0.3, 0.4) is 0 Å². The molecular formula is C41H74O4. The molecule has 4 heteroatoms. The average Bonchev–Trinajstić information content (AvgIpc) is 3.06. The van der Waals surface area contributed by atoms with Crippen molar-refractivity contribution >= 4 is 11.9 Å². The van der Waals surface area contributed by atoms with E-state index in [1.165, 1.54) is 148 Å². The third-order valence-electron chi connectivity index (χ3n) is 8.54. The summed E-state index contributed by atoms with van der Waals surface area (Å²) in [5.41, 5.74) is 0.586. The number of ether oxygens (including phenoxy) is 2. The molecule has 0 atom stereocenters. The smallest absolute Gasteiger partial charge is 0.339 e. The lowest BCUT2D eigenvalue weighted by Crippen LogP contribution is -2.15. The summed E-state index contributed by atoms with van der Waals surface area (Å²) in [6, 6.07) is 6.74. The molecule has 4 nitrogen and oxygen atoms in total. The molecule has 0 heterocycles. The normalized spacial score (nSPS) is 10.8. The molecule has 0 N–H and O–H groups in total. The van der Waals surface area contributed by atoms with Crippen LogP contribution < -0.4 is 0 Å². The standard InChI is InChI=1S/C24H38O4.C17H36/c1-3-5-7-9-11-15-19-27-23(25)21-17-13-14-18-22(21)24(26)28-20-16-12-10-8-6-4-2;1-3-5-7-9-11-13-15-17-16-14-12-10-8-6-4-2/h13-14,17-18H,3-12,15-16,19-20H2,1-2H3;3-17H2,1-2H3. The molecule has 0 saturated heterocycles. The van der Waals surface area contributed by atoms with E-state index in [9.17, 15) is 9.59 Å². The summed E-state index contributed by atoms with van der Waals surface area (Å²) in [5, 5.41) is 0. The maximum atomic E-state index is 12.4. The average molecular weight is 631 g/mol. The van der Waals surface area contributed by atoms with E-state index in [4.69, 9.17) is 9.47 Å². The van der Waals surface area contributed by atoms with Crippen LogP contribution in [0.1, 0.15) is 222 Å². The quantitative estimate of drug-likeness (QED) is 0.0627. The van der Waals surface area contributed by atoms with E-state index in [-0.39, 0.29) is 0 Å². The molecule has 0 aliphatic heterocycles. The first kappa shape index (κ1) is 43.2. The number of hydrogen-bond acceptors (Lipinski definition) is 4. The summed E-state index contributed by atoms with van der Waals surface area (Å²) in [7, 11) is 0. The van der Waals surface area contributed by atoms with Gasteiger partial charge in [-0.1, -0.05) is 200 Å². The van der Waals surface area contributed by atoms with Crippen molar-refractivity contribution in [2.45, 2.75) is 201 Å². The predicted octanol–water partition coefficient (Wildman–Crippen LogP) is 13.6. The van der Waals surface area contributed by atoms with Gasteiger partial charge in [-0.05, 0) is 25.0 Å². The summed E-state index contributed by atoms with van der Waals surface area (Å²) < 4.78 is 10.7. The first-order chi connectivity index (χ1) is 22.1. The van der Waals surface area contributed by atoms with Gasteiger partial charge in [-0.15, -0.1) is 0 Å². The molecule has 0 amide bonds. The Labute approximate surface area is 280 Å². The lowest BCUT2D eigenvalue weighted by Gasteiger charge is -2.10. The van der Waals surface area contributed by atoms with Gasteiger partial charge in [-0.25, -0.2) is 9.59 Å². The van der Waals surface area contributed by atoms with Gasteiger partial charge in [-0.3, -0.25) is 0 Å². The molecule has 1 aromatic rings. The monoisotopic (exact) mass is 631 g/mol. The van der Waals surface area contributed by atoms with Gasteiger partial charge in [0.2, 0.25) is 0 Å². The molecule has 0 fully saturated rings. The second kappa shape index (κ2) is 35.0. The maximum absolute atomic E-state index is 12.4. The van der Waals surface area contributed by atoms with Gasteiger partial charge >= 0.3 is 11.9 Å². The van der Waals surface area contributed by atoms with E-state index in [0.29, 0.717) is 24.3 Å². The minimum absolute atomic E-state index is 0.293. The molecule has 0 aliphatic carbocycles. The van der Waals surface area contributed by atoms with Crippen molar-refractivity contribution in [1.29, 1.82) is 0 Å². The van der Waals surface area contributed by atoms with E-state index < -0.39 is 11.9 Å². The Kier molecular flexibility index (Phi) is 33.6. The minimum atomic E-state index is -0.444. The lowest BCUT2D eigenvalue weighted by molar-refractivity contribution is 0.0450. The van der Waals surface area contributed by atoms with Crippen LogP contribution in [0, 0.1) is 0 Å². The van der Waals surface area contributed by atoms with Gasteiger partial charge in [0.05, 0.1) is 24.3 Å². The molecule has 1 rings (SSSR count). The molecule has 0 bridgehead atoms. The van der Waals surface area contributed by atoms with Gasteiger partial charge in [0.15, 0.2) is 0 Å². The van der Waals surface area contributed by atoms with E-state index in [1.54, 1.807) is 24.3 Å². The zero-order valence-electron chi connectivity index (χ0n) is 30.4. The fraction of sp³-hybridized carbons (Fsp3) is 0.805. The highest BCUT2D eigenvalue weighted by atomic mass is 16.5. The van der Waals surface area contributed by atoms with Crippen LogP contribution >= 0.6 is 0 Å². The first-order valence-corrected chi connectivity index (χ1v) is 19.5. The topological polar surface area (TPSA) is 52.6 Å². The van der Waals surface area contributed by atoms with Crippen molar-refractivity contribution < 1.29 is 19.1 Å². The summed E-state index contributed by atoms with van der Waals surface area (Å²) >= 11 is 0. The molecule has 0 saturated carbocycles. The second-order valence-corrected chi connectivity index (χ2v) is 12.9. The SMILES string of the molecule is CCCCCCCCCCCCCCCCC.CCCCCCCCOC(=O)c1ccccc1C(=O)OCCCCCCCC. The Morgan fingerprint density at radius 3 is 0.844 bits per heavy atom. The highest BCUT2D eigenvalue weighted by Gasteiger charge is 2.18. The molecule has 0 aromatic heterocycles. The molecular weight excluding hydrogens is 556 g/mol. The highest BCUT2D eigenvalue weighted by molar-refractivity contribution is 6.03. The Morgan fingerprint density at radius 1 is 0.378 bits per heavy atom. The van der Waals surface area contributed by atoms with Crippen LogP contribution in [0.2, 0.25) is 0 Å². The highest BCUT2D eigenvalue weighted by Crippen LogP contribution is 2.15. The molecule has 1 aromatic carbocycles. The number of esters is 2. The van der Waals surface area contributed by atoms with Crippen LogP contribution in [0.15, 0.2) is 24.3 Å². The third-order valence-corrected chi connectivity index (χ3v) is 8.54. The van der Waals surface area contributed by atoms with Crippen molar-refractivity contribution in [2.24, 2.45) is 0 Å².